The van der Waals surface area contributed by atoms with Gasteiger partial charge in [0, 0.05) is 29.9 Å². The zero-order valence-corrected chi connectivity index (χ0v) is 14.0. The van der Waals surface area contributed by atoms with Crippen LogP contribution in [0, 0.1) is 0 Å². The van der Waals surface area contributed by atoms with Crippen molar-refractivity contribution in [3.63, 3.8) is 0 Å². The Kier molecular flexibility index (Phi) is 5.67. The number of nitrogen functional groups attached to an aromatic ring is 1. The quantitative estimate of drug-likeness (QED) is 0.580. The minimum atomic E-state index is -1.45. The summed E-state index contributed by atoms with van der Waals surface area (Å²) in [7, 11) is 1.27. The molecule has 0 aromatic heterocycles. The van der Waals surface area contributed by atoms with Gasteiger partial charge >= 0.3 is 6.09 Å². The van der Waals surface area contributed by atoms with Crippen LogP contribution in [0.3, 0.4) is 0 Å². The molecule has 0 aliphatic heterocycles. The lowest BCUT2D eigenvalue weighted by atomic mass is 10.2. The van der Waals surface area contributed by atoms with Crippen LogP contribution in [0.1, 0.15) is 6.92 Å². The third kappa shape index (κ3) is 4.40. The van der Waals surface area contributed by atoms with Crippen LogP contribution < -0.4 is 16.4 Å². The first-order chi connectivity index (χ1) is 11.4. The summed E-state index contributed by atoms with van der Waals surface area (Å²) < 4.78 is 17.1. The molecule has 2 amide bonds. The molecular weight excluding hydrogens is 330 g/mol. The Morgan fingerprint density at radius 2 is 1.71 bits per heavy atom. The molecule has 7 nitrogen and oxygen atoms in total. The lowest BCUT2D eigenvalue weighted by Crippen LogP contribution is -2.11. The second-order valence-electron chi connectivity index (χ2n) is 4.84. The monoisotopic (exact) mass is 347 g/mol. The molecule has 0 saturated heterocycles. The molecule has 0 spiro atoms. The number of ether oxygens (including phenoxy) is 1. The number of carbonyl (C=O) groups is 2. The number of carbonyl (C=O) groups excluding carboxylic acids is 2. The first kappa shape index (κ1) is 17.6. The Bertz CT molecular complexity index is 749. The van der Waals surface area contributed by atoms with Gasteiger partial charge in [-0.3, -0.25) is 10.1 Å². The molecule has 0 radical (unpaired) electrons. The van der Waals surface area contributed by atoms with Crippen molar-refractivity contribution >= 4 is 40.2 Å². The van der Waals surface area contributed by atoms with E-state index in [1.54, 1.807) is 42.5 Å². The van der Waals surface area contributed by atoms with E-state index in [2.05, 4.69) is 15.4 Å². The van der Waals surface area contributed by atoms with E-state index in [4.69, 9.17) is 5.73 Å². The molecule has 4 N–H and O–H groups in total. The largest absolute Gasteiger partial charge is 0.606 e. The molecule has 0 fully saturated rings. The summed E-state index contributed by atoms with van der Waals surface area (Å²) in [4.78, 5) is 23.4. The number of anilines is 3. The van der Waals surface area contributed by atoms with Gasteiger partial charge in [0.1, 0.15) is 0 Å². The van der Waals surface area contributed by atoms with E-state index in [0.29, 0.717) is 26.9 Å². The highest BCUT2D eigenvalue weighted by molar-refractivity contribution is 7.91. The van der Waals surface area contributed by atoms with Crippen molar-refractivity contribution in [1.29, 1.82) is 0 Å². The van der Waals surface area contributed by atoms with Crippen molar-refractivity contribution in [2.45, 2.75) is 16.7 Å². The lowest BCUT2D eigenvalue weighted by molar-refractivity contribution is -0.114. The Balaban J connectivity index is 2.20. The molecule has 0 aliphatic carbocycles. The molecular formula is C16H17N3O4S. The molecule has 0 saturated carbocycles. The van der Waals surface area contributed by atoms with Crippen molar-refractivity contribution in [2.75, 3.05) is 23.5 Å². The topological polar surface area (TPSA) is 117 Å². The fourth-order valence-electron chi connectivity index (χ4n) is 1.92. The van der Waals surface area contributed by atoms with Crippen LogP contribution in [0.25, 0.3) is 0 Å². The molecule has 2 aromatic carbocycles. The second-order valence-corrected chi connectivity index (χ2v) is 6.32. The van der Waals surface area contributed by atoms with Crippen LogP contribution in [0.4, 0.5) is 21.9 Å². The lowest BCUT2D eigenvalue weighted by Gasteiger charge is -2.13. The first-order valence-electron chi connectivity index (χ1n) is 6.94. The van der Waals surface area contributed by atoms with Gasteiger partial charge < -0.3 is 20.3 Å². The number of hydrogen-bond donors (Lipinski definition) is 3. The van der Waals surface area contributed by atoms with E-state index >= 15 is 0 Å². The minimum Gasteiger partial charge on any atom is -0.606 e. The molecule has 0 aliphatic rings. The summed E-state index contributed by atoms with van der Waals surface area (Å²) in [5.74, 6) is -0.261. The van der Waals surface area contributed by atoms with E-state index in [1.165, 1.54) is 14.0 Å². The number of methoxy groups -OCH3 is 1. The zero-order valence-electron chi connectivity index (χ0n) is 13.2. The van der Waals surface area contributed by atoms with Gasteiger partial charge in [0.2, 0.25) is 5.91 Å². The van der Waals surface area contributed by atoms with Crippen molar-refractivity contribution in [2.24, 2.45) is 0 Å². The summed E-state index contributed by atoms with van der Waals surface area (Å²) in [5.41, 5.74) is 7.12. The number of nitrogens with one attached hydrogen (secondary N) is 2. The van der Waals surface area contributed by atoms with Gasteiger partial charge in [0.15, 0.2) is 9.79 Å². The molecule has 8 heteroatoms. The van der Waals surface area contributed by atoms with E-state index < -0.39 is 17.3 Å². The van der Waals surface area contributed by atoms with E-state index in [9.17, 15) is 14.1 Å². The van der Waals surface area contributed by atoms with E-state index in [-0.39, 0.29) is 5.91 Å². The highest BCUT2D eigenvalue weighted by atomic mass is 32.2. The van der Waals surface area contributed by atoms with Gasteiger partial charge in [-0.15, -0.1) is 0 Å². The predicted octanol–water partition coefficient (Wildman–Crippen LogP) is 2.57. The third-order valence-electron chi connectivity index (χ3n) is 3.05. The van der Waals surface area contributed by atoms with Gasteiger partial charge in [0.25, 0.3) is 0 Å². The highest BCUT2D eigenvalue weighted by Gasteiger charge is 2.17. The van der Waals surface area contributed by atoms with Gasteiger partial charge in [-0.2, -0.15) is 0 Å². The average Bonchev–Trinajstić information content (AvgIpc) is 2.56. The standard InChI is InChI=1S/C16H17N3O4S/c1-10(20)18-15-9-13(7-8-14(15)17)24(22)12-5-3-11(4-6-12)19-16(21)23-2/h3-9H,17H2,1-2H3,(H,18,20)(H,19,21). The fourth-order valence-corrected chi connectivity index (χ4v) is 2.99. The molecule has 24 heavy (non-hydrogen) atoms. The Labute approximate surface area is 142 Å². The van der Waals surface area contributed by atoms with Gasteiger partial charge in [0.05, 0.1) is 18.5 Å². The molecule has 1 unspecified atom stereocenters. The Morgan fingerprint density at radius 1 is 1.08 bits per heavy atom. The summed E-state index contributed by atoms with van der Waals surface area (Å²) in [6.07, 6.45) is -0.581. The van der Waals surface area contributed by atoms with Crippen LogP contribution in [0.5, 0.6) is 0 Å². The van der Waals surface area contributed by atoms with Crippen LogP contribution in [0.15, 0.2) is 52.3 Å². The number of nitrogens with two attached hydrogens (primary N) is 1. The number of amides is 2. The molecule has 1 atom stereocenters. The van der Waals surface area contributed by atoms with Crippen LogP contribution >= 0.6 is 0 Å². The van der Waals surface area contributed by atoms with E-state index in [1.807, 2.05) is 0 Å². The smallest absolute Gasteiger partial charge is 0.411 e. The predicted molar refractivity (Wildman–Crippen MR) is 92.3 cm³/mol. The molecule has 2 aromatic rings. The maximum absolute atomic E-state index is 12.6. The van der Waals surface area contributed by atoms with Crippen molar-refractivity contribution in [3.8, 4) is 0 Å². The van der Waals surface area contributed by atoms with Crippen molar-refractivity contribution in [1.82, 2.24) is 0 Å². The molecule has 126 valence electrons. The van der Waals surface area contributed by atoms with Crippen molar-refractivity contribution in [3.05, 3.63) is 42.5 Å². The second kappa shape index (κ2) is 7.71. The SMILES string of the molecule is COC(=O)Nc1ccc([S+]([O-])c2ccc(N)c(NC(C)=O)c2)cc1. The van der Waals surface area contributed by atoms with Crippen LogP contribution in [0.2, 0.25) is 0 Å². The maximum atomic E-state index is 12.6. The molecule has 0 bridgehead atoms. The number of benzene rings is 2. The minimum absolute atomic E-state index is 0.261. The Hall–Kier alpha value is -2.71. The summed E-state index contributed by atoms with van der Waals surface area (Å²) in [6.45, 7) is 1.37. The summed E-state index contributed by atoms with van der Waals surface area (Å²) in [5, 5.41) is 5.11. The summed E-state index contributed by atoms with van der Waals surface area (Å²) >= 11 is -1.45. The average molecular weight is 347 g/mol. The zero-order chi connectivity index (χ0) is 17.7. The van der Waals surface area contributed by atoms with Gasteiger partial charge in [-0.1, -0.05) is 0 Å². The molecule has 2 rings (SSSR count). The normalized spacial score (nSPS) is 11.5. The highest BCUT2D eigenvalue weighted by Crippen LogP contribution is 2.27. The van der Waals surface area contributed by atoms with Gasteiger partial charge in [-0.25, -0.2) is 4.79 Å². The Morgan fingerprint density at radius 3 is 2.29 bits per heavy atom. The van der Waals surface area contributed by atoms with Crippen LogP contribution in [-0.2, 0) is 20.7 Å². The molecule has 0 heterocycles. The van der Waals surface area contributed by atoms with Gasteiger partial charge in [-0.05, 0) is 36.4 Å². The van der Waals surface area contributed by atoms with E-state index in [0.717, 1.165) is 0 Å². The first-order valence-corrected chi connectivity index (χ1v) is 8.09. The number of rotatable bonds is 4. The van der Waals surface area contributed by atoms with Crippen molar-refractivity contribution < 1.29 is 18.9 Å². The maximum Gasteiger partial charge on any atom is 0.411 e. The van der Waals surface area contributed by atoms with Crippen LogP contribution in [-0.4, -0.2) is 23.7 Å². The third-order valence-corrected chi connectivity index (χ3v) is 4.43. The summed E-state index contributed by atoms with van der Waals surface area (Å²) in [6, 6.07) is 11.3. The number of hydrogen-bond acceptors (Lipinski definition) is 5. The fraction of sp³-hybridized carbons (Fsp3) is 0.125.